The first-order chi connectivity index (χ1) is 15.4. The molecule has 3 aromatic carbocycles. The highest BCUT2D eigenvalue weighted by molar-refractivity contribution is 6.33. The lowest BCUT2D eigenvalue weighted by atomic mass is 10.2. The smallest absolute Gasteiger partial charge is 0.345 e. The van der Waals surface area contributed by atoms with E-state index in [1.54, 1.807) is 54.6 Å². The van der Waals surface area contributed by atoms with E-state index in [1.807, 2.05) is 0 Å². The van der Waals surface area contributed by atoms with Crippen LogP contribution in [0, 0.1) is 10.1 Å². The highest BCUT2D eigenvalue weighted by atomic mass is 35.5. The van der Waals surface area contributed by atoms with Crippen LogP contribution in [-0.4, -0.2) is 29.6 Å². The molecule has 1 N–H and O–H groups in total. The maximum atomic E-state index is 12.2. The molecule has 3 rings (SSSR count). The highest BCUT2D eigenvalue weighted by Gasteiger charge is 2.15. The Labute approximate surface area is 187 Å². The topological polar surface area (TPSA) is 120 Å². The summed E-state index contributed by atoms with van der Waals surface area (Å²) >= 11 is 5.98. The van der Waals surface area contributed by atoms with Gasteiger partial charge >= 0.3 is 11.7 Å². The van der Waals surface area contributed by atoms with Crippen molar-refractivity contribution >= 4 is 35.4 Å². The second-order valence-corrected chi connectivity index (χ2v) is 6.65. The second-order valence-electron chi connectivity index (χ2n) is 6.25. The van der Waals surface area contributed by atoms with Crippen molar-refractivity contribution < 1.29 is 24.0 Å². The molecule has 9 nitrogen and oxygen atoms in total. The normalized spacial score (nSPS) is 10.5. The van der Waals surface area contributed by atoms with Crippen molar-refractivity contribution in [1.82, 2.24) is 5.43 Å². The summed E-state index contributed by atoms with van der Waals surface area (Å²) in [6.07, 6.45) is 1.38. The fraction of sp³-hybridized carbons (Fsp3) is 0.0455. The molecule has 32 heavy (non-hydrogen) atoms. The molecule has 0 saturated heterocycles. The number of nitrogens with one attached hydrogen (secondary N) is 1. The number of halogens is 1. The van der Waals surface area contributed by atoms with Crippen LogP contribution >= 0.6 is 11.6 Å². The number of hydrogen-bond acceptors (Lipinski definition) is 7. The van der Waals surface area contributed by atoms with Crippen molar-refractivity contribution in [1.29, 1.82) is 0 Å². The first kappa shape index (κ1) is 22.4. The van der Waals surface area contributed by atoms with E-state index in [2.05, 4.69) is 10.5 Å². The monoisotopic (exact) mass is 453 g/mol. The van der Waals surface area contributed by atoms with E-state index in [9.17, 15) is 19.7 Å². The van der Waals surface area contributed by atoms with E-state index in [0.29, 0.717) is 16.3 Å². The van der Waals surface area contributed by atoms with Gasteiger partial charge in [-0.05, 0) is 48.0 Å². The third kappa shape index (κ3) is 6.13. The molecule has 0 saturated carbocycles. The van der Waals surface area contributed by atoms with Crippen LogP contribution in [0.3, 0.4) is 0 Å². The standard InChI is InChI=1S/C22H16ClN3O6/c23-18-6-2-1-5-17(18)22(28)32-16-11-9-15(10-12-16)13-24-25-21(27)14-31-20-8-4-3-7-19(20)26(29)30/h1-13H,14H2,(H,25,27)/b24-13-. The number of carbonyl (C=O) groups is 2. The van der Waals surface area contributed by atoms with E-state index in [1.165, 1.54) is 24.4 Å². The third-order valence-electron chi connectivity index (χ3n) is 4.01. The van der Waals surface area contributed by atoms with Gasteiger partial charge in [0.1, 0.15) is 5.75 Å². The molecule has 3 aromatic rings. The number of hydrazone groups is 1. The minimum Gasteiger partial charge on any atom is -0.477 e. The molecule has 10 heteroatoms. The maximum absolute atomic E-state index is 12.2. The molecule has 0 aliphatic heterocycles. The lowest BCUT2D eigenvalue weighted by Crippen LogP contribution is -2.24. The summed E-state index contributed by atoms with van der Waals surface area (Å²) in [5.74, 6) is -0.875. The SMILES string of the molecule is O=C(COc1ccccc1[N+](=O)[O-])N/N=C\c1ccc(OC(=O)c2ccccc2Cl)cc1. The van der Waals surface area contributed by atoms with Gasteiger partial charge in [-0.3, -0.25) is 14.9 Å². The molecule has 0 radical (unpaired) electrons. The number of benzene rings is 3. The Balaban J connectivity index is 1.49. The number of esters is 1. The summed E-state index contributed by atoms with van der Waals surface area (Å²) in [5.41, 5.74) is 2.91. The van der Waals surface area contributed by atoms with Gasteiger partial charge in [0.05, 0.1) is 21.7 Å². The average molecular weight is 454 g/mol. The quantitative estimate of drug-likeness (QED) is 0.181. The predicted molar refractivity (Wildman–Crippen MR) is 117 cm³/mol. The number of nitro benzene ring substituents is 1. The zero-order valence-corrected chi connectivity index (χ0v) is 17.2. The first-order valence-electron chi connectivity index (χ1n) is 9.19. The van der Waals surface area contributed by atoms with Crippen LogP contribution in [0.4, 0.5) is 5.69 Å². The summed E-state index contributed by atoms with van der Waals surface area (Å²) in [5, 5.41) is 15.0. The molecule has 0 fully saturated rings. The molecular weight excluding hydrogens is 438 g/mol. The summed E-state index contributed by atoms with van der Waals surface area (Å²) in [4.78, 5) is 34.3. The third-order valence-corrected chi connectivity index (χ3v) is 4.34. The number of para-hydroxylation sites is 2. The predicted octanol–water partition coefficient (Wildman–Crippen LogP) is 4.00. The van der Waals surface area contributed by atoms with Crippen molar-refractivity contribution in [3.05, 3.63) is 99.1 Å². The lowest BCUT2D eigenvalue weighted by molar-refractivity contribution is -0.385. The molecule has 0 spiro atoms. The van der Waals surface area contributed by atoms with E-state index in [-0.39, 0.29) is 17.0 Å². The average Bonchev–Trinajstić information content (AvgIpc) is 2.79. The van der Waals surface area contributed by atoms with Crippen LogP contribution in [0.5, 0.6) is 11.5 Å². The van der Waals surface area contributed by atoms with Crippen molar-refractivity contribution in [2.75, 3.05) is 6.61 Å². The number of hydrogen-bond donors (Lipinski definition) is 1. The van der Waals surface area contributed by atoms with Gasteiger partial charge in [0.2, 0.25) is 0 Å². The zero-order valence-electron chi connectivity index (χ0n) is 16.4. The van der Waals surface area contributed by atoms with Gasteiger partial charge < -0.3 is 9.47 Å². The van der Waals surface area contributed by atoms with Crippen molar-refractivity contribution in [2.24, 2.45) is 5.10 Å². The molecule has 0 atom stereocenters. The summed E-state index contributed by atoms with van der Waals surface area (Å²) < 4.78 is 10.5. The molecule has 0 aromatic heterocycles. The van der Waals surface area contributed by atoms with Crippen LogP contribution in [-0.2, 0) is 4.79 Å². The van der Waals surface area contributed by atoms with Crippen molar-refractivity contribution in [3.63, 3.8) is 0 Å². The van der Waals surface area contributed by atoms with Crippen LogP contribution in [0.2, 0.25) is 5.02 Å². The Morgan fingerprint density at radius 2 is 1.72 bits per heavy atom. The minimum absolute atomic E-state index is 0.0152. The van der Waals surface area contributed by atoms with Crippen LogP contribution in [0.25, 0.3) is 0 Å². The van der Waals surface area contributed by atoms with Crippen molar-refractivity contribution in [2.45, 2.75) is 0 Å². The van der Waals surface area contributed by atoms with Gasteiger partial charge in [-0.25, -0.2) is 10.2 Å². The van der Waals surface area contributed by atoms with Crippen molar-refractivity contribution in [3.8, 4) is 11.5 Å². The van der Waals surface area contributed by atoms with Crippen LogP contribution in [0.15, 0.2) is 77.9 Å². The van der Waals surface area contributed by atoms with E-state index < -0.39 is 23.4 Å². The molecule has 162 valence electrons. The number of carbonyl (C=O) groups excluding carboxylic acids is 2. The van der Waals surface area contributed by atoms with E-state index >= 15 is 0 Å². The van der Waals surface area contributed by atoms with Gasteiger partial charge in [-0.2, -0.15) is 5.10 Å². The fourth-order valence-electron chi connectivity index (χ4n) is 2.50. The Morgan fingerprint density at radius 1 is 1.03 bits per heavy atom. The zero-order chi connectivity index (χ0) is 22.9. The second kappa shape index (κ2) is 10.7. The van der Waals surface area contributed by atoms with E-state index in [4.69, 9.17) is 21.1 Å². The summed E-state index contributed by atoms with van der Waals surface area (Å²) in [6.45, 7) is -0.445. The highest BCUT2D eigenvalue weighted by Crippen LogP contribution is 2.25. The Hall–Kier alpha value is -4.24. The first-order valence-corrected chi connectivity index (χ1v) is 9.57. The van der Waals surface area contributed by atoms with Gasteiger partial charge in [0.15, 0.2) is 12.4 Å². The molecule has 0 aliphatic carbocycles. The number of nitro groups is 1. The Kier molecular flexibility index (Phi) is 7.50. The summed E-state index contributed by atoms with van der Waals surface area (Å²) in [7, 11) is 0. The fourth-order valence-corrected chi connectivity index (χ4v) is 2.71. The Bertz CT molecular complexity index is 1160. The van der Waals surface area contributed by atoms with Gasteiger partial charge in [0.25, 0.3) is 5.91 Å². The van der Waals surface area contributed by atoms with Crippen LogP contribution < -0.4 is 14.9 Å². The maximum Gasteiger partial charge on any atom is 0.345 e. The summed E-state index contributed by atoms with van der Waals surface area (Å²) in [6, 6.07) is 18.7. The molecular formula is C22H16ClN3O6. The molecule has 0 aliphatic rings. The van der Waals surface area contributed by atoms with E-state index in [0.717, 1.165) is 0 Å². The number of amides is 1. The lowest BCUT2D eigenvalue weighted by Gasteiger charge is -2.06. The molecule has 0 unspecified atom stereocenters. The molecule has 1 amide bonds. The van der Waals surface area contributed by atoms with Crippen LogP contribution in [0.1, 0.15) is 15.9 Å². The molecule has 0 heterocycles. The largest absolute Gasteiger partial charge is 0.477 e. The Morgan fingerprint density at radius 3 is 2.44 bits per heavy atom. The number of ether oxygens (including phenoxy) is 2. The molecule has 0 bridgehead atoms. The van der Waals surface area contributed by atoms with Gasteiger partial charge in [0, 0.05) is 6.07 Å². The van der Waals surface area contributed by atoms with Gasteiger partial charge in [-0.15, -0.1) is 0 Å². The van der Waals surface area contributed by atoms with Gasteiger partial charge in [-0.1, -0.05) is 35.9 Å². The number of nitrogens with zero attached hydrogens (tertiary/aromatic N) is 2. The number of rotatable bonds is 8. The minimum atomic E-state index is -0.596.